The summed E-state index contributed by atoms with van der Waals surface area (Å²) in [4.78, 5) is 12.2. The minimum Gasteiger partial charge on any atom is -0.369 e. The Bertz CT molecular complexity index is 266. The fraction of sp³-hybridized carbons (Fsp3) is 0.933. The fourth-order valence-electron chi connectivity index (χ4n) is 2.96. The van der Waals surface area contributed by atoms with E-state index < -0.39 is 0 Å². The molecule has 1 unspecified atom stereocenters. The molecule has 1 aliphatic heterocycles. The summed E-state index contributed by atoms with van der Waals surface area (Å²) in [6.45, 7) is 10.5. The van der Waals surface area contributed by atoms with Crippen molar-refractivity contribution in [3.63, 3.8) is 0 Å². The summed E-state index contributed by atoms with van der Waals surface area (Å²) in [5.41, 5.74) is -0.432. The zero-order valence-corrected chi connectivity index (χ0v) is 12.1. The minimum absolute atomic E-state index is 0.0825. The lowest BCUT2D eigenvalue weighted by atomic mass is 9.82. The van der Waals surface area contributed by atoms with Crippen LogP contribution in [0.3, 0.4) is 0 Å². The fourth-order valence-corrected chi connectivity index (χ4v) is 2.96. The van der Waals surface area contributed by atoms with Crippen LogP contribution in [0.1, 0.15) is 73.1 Å². The highest BCUT2D eigenvalue weighted by molar-refractivity contribution is 5.82. The van der Waals surface area contributed by atoms with Crippen molar-refractivity contribution < 1.29 is 9.53 Å². The molecule has 0 aromatic heterocycles. The second-order valence-corrected chi connectivity index (χ2v) is 6.50. The van der Waals surface area contributed by atoms with Crippen molar-refractivity contribution in [1.29, 1.82) is 0 Å². The third kappa shape index (κ3) is 4.09. The van der Waals surface area contributed by atoms with Gasteiger partial charge in [-0.05, 0) is 40.5 Å². The number of carbonyl (C=O) groups is 1. The van der Waals surface area contributed by atoms with Crippen LogP contribution >= 0.6 is 0 Å². The number of ether oxygens (including phenoxy) is 1. The summed E-state index contributed by atoms with van der Waals surface area (Å²) in [6.07, 6.45) is 6.28. The molecule has 0 amide bonds. The second-order valence-electron chi connectivity index (χ2n) is 6.50. The van der Waals surface area contributed by atoms with Crippen molar-refractivity contribution >= 4 is 5.78 Å². The van der Waals surface area contributed by atoms with Crippen LogP contribution in [-0.4, -0.2) is 17.0 Å². The molecule has 1 saturated heterocycles. The van der Waals surface area contributed by atoms with Crippen LogP contribution in [0.5, 0.6) is 0 Å². The van der Waals surface area contributed by atoms with Crippen molar-refractivity contribution in [3.05, 3.63) is 0 Å². The lowest BCUT2D eigenvalue weighted by Crippen LogP contribution is -2.33. The molecule has 0 aromatic rings. The second kappa shape index (κ2) is 5.51. The predicted octanol–water partition coefficient (Wildman–Crippen LogP) is 4.12. The number of unbranched alkanes of at least 4 members (excludes halogenated alkanes) is 3. The van der Waals surface area contributed by atoms with E-state index in [9.17, 15) is 4.79 Å². The maximum Gasteiger partial charge on any atom is 0.138 e. The quantitative estimate of drug-likeness (QED) is 0.653. The molecule has 1 atom stereocenters. The van der Waals surface area contributed by atoms with Crippen LogP contribution in [0.25, 0.3) is 0 Å². The van der Waals surface area contributed by atoms with E-state index in [0.717, 1.165) is 19.3 Å². The highest BCUT2D eigenvalue weighted by atomic mass is 16.5. The Morgan fingerprint density at radius 3 is 2.29 bits per heavy atom. The third-order valence-corrected chi connectivity index (χ3v) is 3.74. The van der Waals surface area contributed by atoms with Crippen LogP contribution in [0.15, 0.2) is 0 Å². The summed E-state index contributed by atoms with van der Waals surface area (Å²) in [5.74, 6) is 0.482. The first-order valence-electron chi connectivity index (χ1n) is 7.01. The number of hydrogen-bond acceptors (Lipinski definition) is 2. The van der Waals surface area contributed by atoms with Gasteiger partial charge in [0.15, 0.2) is 0 Å². The van der Waals surface area contributed by atoms with Gasteiger partial charge in [0.05, 0.1) is 11.2 Å². The molecule has 2 heteroatoms. The van der Waals surface area contributed by atoms with Gasteiger partial charge in [0, 0.05) is 12.3 Å². The Labute approximate surface area is 106 Å². The maximum absolute atomic E-state index is 12.2. The van der Waals surface area contributed by atoms with Crippen molar-refractivity contribution in [2.75, 3.05) is 0 Å². The molecule has 0 aliphatic carbocycles. The zero-order chi connectivity index (χ0) is 13.1. The average molecular weight is 240 g/mol. The van der Waals surface area contributed by atoms with Gasteiger partial charge >= 0.3 is 0 Å². The van der Waals surface area contributed by atoms with Crippen molar-refractivity contribution in [2.45, 2.75) is 84.3 Å². The number of ketones is 1. The van der Waals surface area contributed by atoms with E-state index in [4.69, 9.17) is 4.74 Å². The van der Waals surface area contributed by atoms with Gasteiger partial charge in [-0.2, -0.15) is 0 Å². The highest BCUT2D eigenvalue weighted by Crippen LogP contribution is 2.42. The molecule has 0 aromatic carbocycles. The van der Waals surface area contributed by atoms with E-state index in [2.05, 4.69) is 34.6 Å². The van der Waals surface area contributed by atoms with Gasteiger partial charge < -0.3 is 4.74 Å². The molecule has 0 bridgehead atoms. The molecule has 1 heterocycles. The SMILES string of the molecule is CCCCCCC(=O)C1CC(C)(C)OC1(C)C. The summed E-state index contributed by atoms with van der Waals surface area (Å²) in [6, 6.07) is 0. The van der Waals surface area contributed by atoms with Crippen LogP contribution in [0, 0.1) is 5.92 Å². The Balaban J connectivity index is 2.46. The van der Waals surface area contributed by atoms with Crippen LogP contribution in [-0.2, 0) is 9.53 Å². The molecule has 0 spiro atoms. The molecule has 0 N–H and O–H groups in total. The standard InChI is InChI=1S/C15H28O2/c1-6-7-8-9-10-13(16)12-11-14(2,3)17-15(12,4)5/h12H,6-11H2,1-5H3. The first-order chi connectivity index (χ1) is 7.78. The molecule has 2 nitrogen and oxygen atoms in total. The molecule has 17 heavy (non-hydrogen) atoms. The predicted molar refractivity (Wildman–Crippen MR) is 71.1 cm³/mol. The Kier molecular flexibility index (Phi) is 4.77. The van der Waals surface area contributed by atoms with E-state index >= 15 is 0 Å². The highest BCUT2D eigenvalue weighted by Gasteiger charge is 2.48. The first-order valence-corrected chi connectivity index (χ1v) is 7.01. The summed E-state index contributed by atoms with van der Waals surface area (Å²) < 4.78 is 5.98. The number of carbonyl (C=O) groups excluding carboxylic acids is 1. The van der Waals surface area contributed by atoms with E-state index in [1.165, 1.54) is 19.3 Å². The Hall–Kier alpha value is -0.370. The molecule has 0 saturated carbocycles. The molecular weight excluding hydrogens is 212 g/mol. The number of rotatable bonds is 6. The Morgan fingerprint density at radius 2 is 1.82 bits per heavy atom. The van der Waals surface area contributed by atoms with E-state index in [0.29, 0.717) is 5.78 Å². The summed E-state index contributed by atoms with van der Waals surface area (Å²) in [5, 5.41) is 0. The zero-order valence-electron chi connectivity index (χ0n) is 12.1. The van der Waals surface area contributed by atoms with E-state index in [-0.39, 0.29) is 17.1 Å². The van der Waals surface area contributed by atoms with Gasteiger partial charge in [-0.3, -0.25) is 4.79 Å². The molecule has 100 valence electrons. The third-order valence-electron chi connectivity index (χ3n) is 3.74. The average Bonchev–Trinajstić information content (AvgIpc) is 2.41. The first kappa shape index (κ1) is 14.7. The Morgan fingerprint density at radius 1 is 1.18 bits per heavy atom. The van der Waals surface area contributed by atoms with Crippen LogP contribution < -0.4 is 0 Å². The van der Waals surface area contributed by atoms with Gasteiger partial charge in [-0.1, -0.05) is 26.2 Å². The lowest BCUT2D eigenvalue weighted by molar-refractivity contribution is -0.129. The van der Waals surface area contributed by atoms with E-state index in [1.54, 1.807) is 0 Å². The largest absolute Gasteiger partial charge is 0.369 e. The maximum atomic E-state index is 12.2. The summed E-state index contributed by atoms with van der Waals surface area (Å²) in [7, 11) is 0. The molecular formula is C15H28O2. The van der Waals surface area contributed by atoms with Gasteiger partial charge in [-0.15, -0.1) is 0 Å². The number of Topliss-reactive ketones (excluding diaryl/α,β-unsaturated/α-hetero) is 1. The smallest absolute Gasteiger partial charge is 0.138 e. The van der Waals surface area contributed by atoms with Gasteiger partial charge in [0.25, 0.3) is 0 Å². The molecule has 1 fully saturated rings. The van der Waals surface area contributed by atoms with Gasteiger partial charge in [0.1, 0.15) is 5.78 Å². The van der Waals surface area contributed by atoms with Crippen LogP contribution in [0.4, 0.5) is 0 Å². The minimum atomic E-state index is -0.286. The van der Waals surface area contributed by atoms with Gasteiger partial charge in [-0.25, -0.2) is 0 Å². The monoisotopic (exact) mass is 240 g/mol. The number of hydrogen-bond donors (Lipinski definition) is 0. The molecule has 1 rings (SSSR count). The van der Waals surface area contributed by atoms with Gasteiger partial charge in [0.2, 0.25) is 0 Å². The van der Waals surface area contributed by atoms with Crippen molar-refractivity contribution in [1.82, 2.24) is 0 Å². The summed E-state index contributed by atoms with van der Waals surface area (Å²) >= 11 is 0. The van der Waals surface area contributed by atoms with Crippen LogP contribution in [0.2, 0.25) is 0 Å². The molecule has 0 radical (unpaired) electrons. The molecule has 1 aliphatic rings. The van der Waals surface area contributed by atoms with Crippen molar-refractivity contribution in [2.24, 2.45) is 5.92 Å². The van der Waals surface area contributed by atoms with Crippen molar-refractivity contribution in [3.8, 4) is 0 Å². The lowest BCUT2D eigenvalue weighted by Gasteiger charge is -2.26. The normalized spacial score (nSPS) is 26.1. The topological polar surface area (TPSA) is 26.3 Å². The van der Waals surface area contributed by atoms with E-state index in [1.807, 2.05) is 0 Å².